The fraction of sp³-hybridized carbons (Fsp3) is 0.562. The van der Waals surface area contributed by atoms with Crippen LogP contribution in [-0.2, 0) is 16.0 Å². The maximum absolute atomic E-state index is 12.1. The van der Waals surface area contributed by atoms with Crippen LogP contribution in [-0.4, -0.2) is 30.9 Å². The smallest absolute Gasteiger partial charge is 0.233 e. The topological polar surface area (TPSA) is 38.3 Å². The summed E-state index contributed by atoms with van der Waals surface area (Å²) in [5, 5.41) is 3.04. The molecular formula is C16H23NO2S. The van der Waals surface area contributed by atoms with Crippen LogP contribution in [0.2, 0.25) is 0 Å². The van der Waals surface area contributed by atoms with Gasteiger partial charge in [0.15, 0.2) is 0 Å². The molecule has 20 heavy (non-hydrogen) atoms. The first-order chi connectivity index (χ1) is 9.66. The summed E-state index contributed by atoms with van der Waals surface area (Å²) in [5.74, 6) is 0.716. The molecule has 0 saturated heterocycles. The van der Waals surface area contributed by atoms with Crippen molar-refractivity contribution in [3.05, 3.63) is 29.8 Å². The average Bonchev–Trinajstić information content (AvgIpc) is 2.86. The average molecular weight is 293 g/mol. The third kappa shape index (κ3) is 4.53. The van der Waals surface area contributed by atoms with Gasteiger partial charge in [0.1, 0.15) is 0 Å². The number of nitrogens with one attached hydrogen (secondary N) is 1. The van der Waals surface area contributed by atoms with E-state index in [1.165, 1.54) is 10.5 Å². The molecule has 110 valence electrons. The molecule has 1 atom stereocenters. The fourth-order valence-corrected chi connectivity index (χ4v) is 3.37. The van der Waals surface area contributed by atoms with E-state index in [-0.39, 0.29) is 11.2 Å². The third-order valence-electron chi connectivity index (χ3n) is 3.16. The van der Waals surface area contributed by atoms with Gasteiger partial charge in [0, 0.05) is 24.7 Å². The number of carbonyl (C=O) groups is 1. The van der Waals surface area contributed by atoms with E-state index in [9.17, 15) is 4.79 Å². The summed E-state index contributed by atoms with van der Waals surface area (Å²) < 4.78 is 5.50. The van der Waals surface area contributed by atoms with E-state index in [0.717, 1.165) is 26.1 Å². The molecule has 0 aromatic heterocycles. The number of rotatable bonds is 7. The first kappa shape index (κ1) is 15.4. The first-order valence-corrected chi connectivity index (χ1v) is 8.15. The molecule has 2 rings (SSSR count). The lowest BCUT2D eigenvalue weighted by Crippen LogP contribution is -2.33. The molecule has 1 amide bonds. The zero-order valence-corrected chi connectivity index (χ0v) is 13.0. The molecule has 1 aliphatic heterocycles. The molecular weight excluding hydrogens is 270 g/mol. The first-order valence-electron chi connectivity index (χ1n) is 7.27. The zero-order chi connectivity index (χ0) is 14.4. The van der Waals surface area contributed by atoms with Crippen LogP contribution in [0.15, 0.2) is 29.2 Å². The fourth-order valence-electron chi connectivity index (χ4n) is 2.15. The highest BCUT2D eigenvalue weighted by Gasteiger charge is 2.27. The Morgan fingerprint density at radius 3 is 3.00 bits per heavy atom. The minimum absolute atomic E-state index is 0.0315. The maximum Gasteiger partial charge on any atom is 0.233 e. The van der Waals surface area contributed by atoms with Gasteiger partial charge < -0.3 is 10.1 Å². The highest BCUT2D eigenvalue weighted by molar-refractivity contribution is 8.01. The molecule has 1 heterocycles. The molecule has 0 saturated carbocycles. The minimum Gasteiger partial charge on any atom is -0.381 e. The van der Waals surface area contributed by atoms with Crippen molar-refractivity contribution in [2.75, 3.05) is 19.8 Å². The highest BCUT2D eigenvalue weighted by Crippen LogP contribution is 2.36. The number of ether oxygens (including phenoxy) is 1. The van der Waals surface area contributed by atoms with Crippen molar-refractivity contribution in [3.63, 3.8) is 0 Å². The lowest BCUT2D eigenvalue weighted by molar-refractivity contribution is -0.120. The summed E-state index contributed by atoms with van der Waals surface area (Å²) in [5.41, 5.74) is 1.29. The molecule has 0 radical (unpaired) electrons. The molecule has 3 nitrogen and oxygen atoms in total. The van der Waals surface area contributed by atoms with Gasteiger partial charge in [-0.2, -0.15) is 0 Å². The van der Waals surface area contributed by atoms with Crippen LogP contribution < -0.4 is 5.32 Å². The standard InChI is InChI=1S/C16H23NO2S/c1-12(2)11-19-9-5-8-17-16(18)15-10-13-6-3-4-7-14(13)20-15/h3-4,6-7,12,15H,5,8-11H2,1-2H3,(H,17,18). The Balaban J connectivity index is 1.62. The molecule has 1 aromatic rings. The van der Waals surface area contributed by atoms with E-state index in [4.69, 9.17) is 4.74 Å². The Hall–Kier alpha value is -1.00. The zero-order valence-electron chi connectivity index (χ0n) is 12.2. The van der Waals surface area contributed by atoms with Gasteiger partial charge in [-0.15, -0.1) is 11.8 Å². The van der Waals surface area contributed by atoms with Gasteiger partial charge in [0.05, 0.1) is 5.25 Å². The summed E-state index contributed by atoms with van der Waals surface area (Å²) in [7, 11) is 0. The molecule has 0 bridgehead atoms. The van der Waals surface area contributed by atoms with Crippen LogP contribution in [0, 0.1) is 5.92 Å². The van der Waals surface area contributed by atoms with Crippen molar-refractivity contribution in [1.82, 2.24) is 5.32 Å². The minimum atomic E-state index is 0.0315. The van der Waals surface area contributed by atoms with Gasteiger partial charge in [0.25, 0.3) is 0 Å². The maximum atomic E-state index is 12.1. The van der Waals surface area contributed by atoms with Crippen molar-refractivity contribution in [2.24, 2.45) is 5.92 Å². The van der Waals surface area contributed by atoms with Gasteiger partial charge >= 0.3 is 0 Å². The number of hydrogen-bond acceptors (Lipinski definition) is 3. The number of amides is 1. The van der Waals surface area contributed by atoms with Crippen LogP contribution >= 0.6 is 11.8 Å². The summed E-state index contributed by atoms with van der Waals surface area (Å²) in [6.45, 7) is 6.48. The van der Waals surface area contributed by atoms with Crippen LogP contribution in [0.5, 0.6) is 0 Å². The van der Waals surface area contributed by atoms with Gasteiger partial charge in [-0.25, -0.2) is 0 Å². The van der Waals surface area contributed by atoms with Crippen molar-refractivity contribution < 1.29 is 9.53 Å². The SMILES string of the molecule is CC(C)COCCCNC(=O)C1Cc2ccccc2S1. The third-order valence-corrected chi connectivity index (χ3v) is 4.47. The van der Waals surface area contributed by atoms with Crippen molar-refractivity contribution in [1.29, 1.82) is 0 Å². The molecule has 0 fully saturated rings. The summed E-state index contributed by atoms with van der Waals surface area (Å²) in [6, 6.07) is 8.26. The van der Waals surface area contributed by atoms with Crippen molar-refractivity contribution >= 4 is 17.7 Å². The second-order valence-corrected chi connectivity index (χ2v) is 6.78. The van der Waals surface area contributed by atoms with Gasteiger partial charge in [-0.1, -0.05) is 32.0 Å². The normalized spacial score (nSPS) is 17.2. The molecule has 0 spiro atoms. The Kier molecular flexibility index (Phi) is 5.92. The Morgan fingerprint density at radius 1 is 1.45 bits per heavy atom. The summed E-state index contributed by atoms with van der Waals surface area (Å²) >= 11 is 1.67. The lowest BCUT2D eigenvalue weighted by atomic mass is 10.1. The second-order valence-electron chi connectivity index (χ2n) is 5.53. The molecule has 0 aliphatic carbocycles. The monoisotopic (exact) mass is 293 g/mol. The molecule has 1 aromatic carbocycles. The number of carbonyl (C=O) groups excluding carboxylic acids is 1. The molecule has 4 heteroatoms. The van der Waals surface area contributed by atoms with Crippen LogP contribution in [0.25, 0.3) is 0 Å². The quantitative estimate of drug-likeness (QED) is 0.786. The van der Waals surface area contributed by atoms with E-state index in [2.05, 4.69) is 31.3 Å². The van der Waals surface area contributed by atoms with Crippen molar-refractivity contribution in [3.8, 4) is 0 Å². The number of benzene rings is 1. The number of fused-ring (bicyclic) bond motifs is 1. The molecule has 1 aliphatic rings. The number of thioether (sulfide) groups is 1. The predicted molar refractivity (Wildman–Crippen MR) is 83.1 cm³/mol. The van der Waals surface area contributed by atoms with Gasteiger partial charge in [-0.05, 0) is 30.4 Å². The summed E-state index contributed by atoms with van der Waals surface area (Å²) in [6.07, 6.45) is 1.72. The lowest BCUT2D eigenvalue weighted by Gasteiger charge is -2.10. The van der Waals surface area contributed by atoms with Gasteiger partial charge in [0.2, 0.25) is 5.91 Å². The predicted octanol–water partition coefficient (Wildman–Crippen LogP) is 2.88. The van der Waals surface area contributed by atoms with Crippen molar-refractivity contribution in [2.45, 2.75) is 36.8 Å². The molecule has 1 unspecified atom stereocenters. The molecule has 1 N–H and O–H groups in total. The van der Waals surface area contributed by atoms with E-state index in [1.54, 1.807) is 11.8 Å². The van der Waals surface area contributed by atoms with E-state index in [1.807, 2.05) is 12.1 Å². The Bertz CT molecular complexity index is 423. The van der Waals surface area contributed by atoms with Gasteiger partial charge in [-0.3, -0.25) is 4.79 Å². The van der Waals surface area contributed by atoms with E-state index in [0.29, 0.717) is 12.5 Å². The van der Waals surface area contributed by atoms with Crippen LogP contribution in [0.3, 0.4) is 0 Å². The van der Waals surface area contributed by atoms with E-state index >= 15 is 0 Å². The van der Waals surface area contributed by atoms with Crippen LogP contribution in [0.4, 0.5) is 0 Å². The second kappa shape index (κ2) is 7.70. The Labute approximate surface area is 125 Å². The highest BCUT2D eigenvalue weighted by atomic mass is 32.2. The largest absolute Gasteiger partial charge is 0.381 e. The summed E-state index contributed by atoms with van der Waals surface area (Å²) in [4.78, 5) is 13.3. The van der Waals surface area contributed by atoms with Crippen LogP contribution in [0.1, 0.15) is 25.8 Å². The Morgan fingerprint density at radius 2 is 2.25 bits per heavy atom. The van der Waals surface area contributed by atoms with E-state index < -0.39 is 0 Å². The number of hydrogen-bond donors (Lipinski definition) is 1.